The van der Waals surface area contributed by atoms with Crippen LogP contribution in [-0.4, -0.2) is 3.21 Å². The topological polar surface area (TPSA) is 0 Å². The fourth-order valence-corrected chi connectivity index (χ4v) is 16.8. The Morgan fingerprint density at radius 3 is 1.37 bits per heavy atom. The zero-order chi connectivity index (χ0) is 29.3. The molecule has 0 fully saturated rings. The molecular formula is C43H32Cl2Zr. The Labute approximate surface area is 292 Å². The van der Waals surface area contributed by atoms with Crippen LogP contribution in [0.5, 0.6) is 0 Å². The number of benzene rings is 6. The van der Waals surface area contributed by atoms with Gasteiger partial charge in [-0.25, -0.2) is 0 Å². The maximum Gasteiger partial charge on any atom is -1.00 e. The Bertz CT molecular complexity index is 1980. The minimum atomic E-state index is -2.91. The van der Waals surface area contributed by atoms with E-state index in [-0.39, 0.29) is 24.8 Å². The molecule has 8 rings (SSSR count). The van der Waals surface area contributed by atoms with Crippen LogP contribution in [0.4, 0.5) is 0 Å². The van der Waals surface area contributed by atoms with E-state index in [1.54, 1.807) is 6.49 Å². The van der Waals surface area contributed by atoms with E-state index in [0.29, 0.717) is 3.63 Å². The Morgan fingerprint density at radius 1 is 0.457 bits per heavy atom. The molecule has 3 heteroatoms. The maximum atomic E-state index is 2.51. The van der Waals surface area contributed by atoms with Gasteiger partial charge in [0.1, 0.15) is 0 Å². The number of hydrogen-bond donors (Lipinski definition) is 0. The molecule has 0 amide bonds. The molecule has 0 atom stereocenters. The Kier molecular flexibility index (Phi) is 9.96. The van der Waals surface area contributed by atoms with Crippen molar-refractivity contribution in [3.63, 3.8) is 0 Å². The predicted octanol–water partition coefficient (Wildman–Crippen LogP) is 4.55. The van der Waals surface area contributed by atoms with Crippen LogP contribution in [0.1, 0.15) is 43.4 Å². The minimum absolute atomic E-state index is 0. The number of rotatable bonds is 6. The fraction of sp³-hybridized carbons (Fsp3) is 0.0465. The number of allylic oxidation sites excluding steroid dienone is 4. The van der Waals surface area contributed by atoms with Gasteiger partial charge in [-0.2, -0.15) is 0 Å². The number of halogens is 2. The zero-order valence-corrected chi connectivity index (χ0v) is 29.3. The third-order valence-electron chi connectivity index (χ3n) is 9.08. The van der Waals surface area contributed by atoms with Gasteiger partial charge in [0, 0.05) is 0 Å². The van der Waals surface area contributed by atoms with E-state index in [2.05, 4.69) is 176 Å². The molecule has 0 aromatic heterocycles. The van der Waals surface area contributed by atoms with Crippen molar-refractivity contribution in [3.05, 3.63) is 213 Å². The van der Waals surface area contributed by atoms with Crippen LogP contribution in [0.3, 0.4) is 0 Å². The summed E-state index contributed by atoms with van der Waals surface area (Å²) in [6.07, 6.45) is 3.51. The first-order valence-corrected chi connectivity index (χ1v) is 19.3. The van der Waals surface area contributed by atoms with E-state index in [1.165, 1.54) is 55.7 Å². The SMILES string of the molecule is C1=C(c2ccccc2)C[C]([Zr+2](=[C](c2ccccc2)c2ccccc2)[CH]2c3ccccc3-c3ccccc32)=C1c1ccccc1.[Cl-].[Cl-]. The van der Waals surface area contributed by atoms with Gasteiger partial charge in [-0.05, 0) is 0 Å². The largest absolute Gasteiger partial charge is 1.00 e. The number of hydrogen-bond acceptors (Lipinski definition) is 0. The average molecular weight is 711 g/mol. The molecule has 0 bridgehead atoms. The van der Waals surface area contributed by atoms with Crippen molar-refractivity contribution in [2.45, 2.75) is 10.0 Å². The maximum absolute atomic E-state index is 2.91. The predicted molar refractivity (Wildman–Crippen MR) is 182 cm³/mol. The van der Waals surface area contributed by atoms with Crippen LogP contribution < -0.4 is 24.8 Å². The van der Waals surface area contributed by atoms with Crippen molar-refractivity contribution in [1.82, 2.24) is 0 Å². The van der Waals surface area contributed by atoms with Crippen molar-refractivity contribution in [3.8, 4) is 11.1 Å². The van der Waals surface area contributed by atoms with Crippen LogP contribution in [0.2, 0.25) is 0 Å². The first-order valence-electron chi connectivity index (χ1n) is 15.4. The molecule has 0 heterocycles. The van der Waals surface area contributed by atoms with Crippen molar-refractivity contribution < 1.29 is 46.1 Å². The molecule has 0 N–H and O–H groups in total. The second-order valence-corrected chi connectivity index (χ2v) is 17.8. The molecule has 0 aliphatic heterocycles. The van der Waals surface area contributed by atoms with Gasteiger partial charge >= 0.3 is 269 Å². The van der Waals surface area contributed by atoms with Gasteiger partial charge in [0.25, 0.3) is 0 Å². The normalized spacial score (nSPS) is 13.0. The molecule has 0 saturated heterocycles. The van der Waals surface area contributed by atoms with Crippen LogP contribution >= 0.6 is 0 Å². The summed E-state index contributed by atoms with van der Waals surface area (Å²) < 4.78 is 3.63. The summed E-state index contributed by atoms with van der Waals surface area (Å²) >= 11 is -2.91. The molecule has 0 saturated carbocycles. The first kappa shape index (κ1) is 32.1. The van der Waals surface area contributed by atoms with Gasteiger partial charge in [-0.15, -0.1) is 0 Å². The van der Waals surface area contributed by atoms with Gasteiger partial charge in [0.2, 0.25) is 0 Å². The van der Waals surface area contributed by atoms with Gasteiger partial charge in [0.05, 0.1) is 0 Å². The molecule has 0 unspecified atom stereocenters. The van der Waals surface area contributed by atoms with E-state index in [4.69, 9.17) is 0 Å². The fourth-order valence-electron chi connectivity index (χ4n) is 7.17. The van der Waals surface area contributed by atoms with Crippen LogP contribution in [0.15, 0.2) is 179 Å². The summed E-state index contributed by atoms with van der Waals surface area (Å²) in [6.45, 7) is 0. The van der Waals surface area contributed by atoms with Gasteiger partial charge in [-0.1, -0.05) is 0 Å². The molecule has 0 spiro atoms. The summed E-state index contributed by atoms with van der Waals surface area (Å²) in [5.74, 6) is 0. The average Bonchev–Trinajstić information content (AvgIpc) is 3.69. The molecule has 0 nitrogen and oxygen atoms in total. The molecule has 46 heavy (non-hydrogen) atoms. The van der Waals surface area contributed by atoms with Gasteiger partial charge in [0.15, 0.2) is 0 Å². The standard InChI is InChI=1S/C17H13.C13H9.C13H10.2ClH.Zr/c1-3-7-14(8-4-1)16-11-12-17(13-16)15-9-5-2-6-10-15;1-3-7-12-10(5-1)9-11-6-2-4-8-13(11)12;1-3-7-12(8-4-1)11-13-9-5-2-6-10-13;;;/h1-10,13H,11H2;1-9H;1-10H;2*1H;/q;;;;;+2/p-2. The summed E-state index contributed by atoms with van der Waals surface area (Å²) in [5.41, 5.74) is 14.1. The van der Waals surface area contributed by atoms with E-state index in [0.717, 1.165) is 6.42 Å². The molecule has 6 aromatic carbocycles. The third kappa shape index (κ3) is 5.89. The molecule has 2 aliphatic rings. The molecule has 6 aromatic rings. The van der Waals surface area contributed by atoms with Crippen molar-refractivity contribution in [2.24, 2.45) is 0 Å². The number of fused-ring (bicyclic) bond motifs is 3. The quantitative estimate of drug-likeness (QED) is 0.238. The Hall–Kier alpha value is -3.87. The van der Waals surface area contributed by atoms with E-state index < -0.39 is 21.3 Å². The smallest absolute Gasteiger partial charge is 1.00 e. The second kappa shape index (κ2) is 14.3. The van der Waals surface area contributed by atoms with Gasteiger partial charge in [-0.3, -0.25) is 0 Å². The van der Waals surface area contributed by atoms with E-state index in [1.807, 2.05) is 0 Å². The molecular weight excluding hydrogens is 679 g/mol. The van der Waals surface area contributed by atoms with Crippen LogP contribution in [0, 0.1) is 0 Å². The third-order valence-corrected chi connectivity index (χ3v) is 17.5. The summed E-state index contributed by atoms with van der Waals surface area (Å²) in [4.78, 5) is 0. The Balaban J connectivity index is 0.00000186. The minimum Gasteiger partial charge on any atom is -1.00 e. The zero-order valence-electron chi connectivity index (χ0n) is 25.3. The second-order valence-electron chi connectivity index (χ2n) is 11.6. The summed E-state index contributed by atoms with van der Waals surface area (Å²) in [6, 6.07) is 63.1. The van der Waals surface area contributed by atoms with Crippen molar-refractivity contribution in [1.29, 1.82) is 0 Å². The van der Waals surface area contributed by atoms with Crippen LogP contribution in [0.25, 0.3) is 22.3 Å². The molecule has 222 valence electrons. The molecule has 2 aliphatic carbocycles. The van der Waals surface area contributed by atoms with E-state index in [9.17, 15) is 0 Å². The van der Waals surface area contributed by atoms with Gasteiger partial charge < -0.3 is 24.8 Å². The summed E-state index contributed by atoms with van der Waals surface area (Å²) in [7, 11) is 0. The monoisotopic (exact) mass is 708 g/mol. The van der Waals surface area contributed by atoms with Crippen molar-refractivity contribution in [2.75, 3.05) is 0 Å². The Morgan fingerprint density at radius 2 is 0.870 bits per heavy atom. The molecule has 0 radical (unpaired) electrons. The van der Waals surface area contributed by atoms with E-state index >= 15 is 0 Å². The first-order chi connectivity index (χ1) is 21.9. The van der Waals surface area contributed by atoms with Crippen molar-refractivity contribution >= 4 is 14.4 Å². The summed E-state index contributed by atoms with van der Waals surface area (Å²) in [5, 5.41) is 0. The van der Waals surface area contributed by atoms with Crippen LogP contribution in [-0.2, 0) is 21.3 Å².